The molecule has 1 aliphatic carbocycles. The maximum absolute atomic E-state index is 12.2. The monoisotopic (exact) mass is 252 g/mol. The first-order valence-corrected chi connectivity index (χ1v) is 6.94. The summed E-state index contributed by atoms with van der Waals surface area (Å²) in [5.41, 5.74) is -0.766. The number of rotatable bonds is 6. The van der Waals surface area contributed by atoms with Crippen LogP contribution in [0.1, 0.15) is 51.4 Å². The second-order valence-corrected chi connectivity index (χ2v) is 5.06. The average molecular weight is 252 g/mol. The van der Waals surface area contributed by atoms with Gasteiger partial charge in [0.05, 0.1) is 6.07 Å². The molecular formula is C14H24N2O2. The number of unbranched alkanes of at least 4 members (excludes halogenated alkanes) is 1. The standard InChI is InChI=1S/C14H24N2O2/c1-18-11-7-6-10-16-13(17)14(12-15)8-4-2-3-5-9-14/h2-11H2,1H3,(H,16,17). The summed E-state index contributed by atoms with van der Waals surface area (Å²) in [5.74, 6) is -0.0654. The van der Waals surface area contributed by atoms with Crippen LogP contribution in [0.5, 0.6) is 0 Å². The normalized spacial score (nSPS) is 18.7. The van der Waals surface area contributed by atoms with E-state index in [1.807, 2.05) is 0 Å². The lowest BCUT2D eigenvalue weighted by atomic mass is 9.81. The van der Waals surface area contributed by atoms with Gasteiger partial charge < -0.3 is 10.1 Å². The predicted molar refractivity (Wildman–Crippen MR) is 69.9 cm³/mol. The maximum Gasteiger partial charge on any atom is 0.240 e. The number of hydrogen-bond donors (Lipinski definition) is 1. The Morgan fingerprint density at radius 2 is 1.94 bits per heavy atom. The molecule has 0 aliphatic heterocycles. The number of nitriles is 1. The van der Waals surface area contributed by atoms with Crippen molar-refractivity contribution in [2.45, 2.75) is 51.4 Å². The van der Waals surface area contributed by atoms with E-state index in [1.165, 1.54) is 0 Å². The first kappa shape index (κ1) is 15.0. The highest BCUT2D eigenvalue weighted by molar-refractivity contribution is 5.85. The van der Waals surface area contributed by atoms with E-state index in [0.29, 0.717) is 19.4 Å². The number of nitrogens with zero attached hydrogens (tertiary/aromatic N) is 1. The SMILES string of the molecule is COCCCCNC(=O)C1(C#N)CCCCCC1. The Kier molecular flexibility index (Phi) is 6.74. The molecule has 0 atom stereocenters. The molecule has 102 valence electrons. The number of methoxy groups -OCH3 is 1. The summed E-state index contributed by atoms with van der Waals surface area (Å²) in [7, 11) is 1.68. The Balaban J connectivity index is 2.39. The van der Waals surface area contributed by atoms with E-state index in [2.05, 4.69) is 11.4 Å². The van der Waals surface area contributed by atoms with Gasteiger partial charge in [-0.15, -0.1) is 0 Å². The molecule has 0 aromatic heterocycles. The zero-order valence-corrected chi connectivity index (χ0v) is 11.3. The summed E-state index contributed by atoms with van der Waals surface area (Å²) in [6, 6.07) is 2.27. The number of nitrogens with one attached hydrogen (secondary N) is 1. The Bertz CT molecular complexity index is 289. The van der Waals surface area contributed by atoms with E-state index in [-0.39, 0.29) is 5.91 Å². The van der Waals surface area contributed by atoms with Crippen LogP contribution < -0.4 is 5.32 Å². The van der Waals surface area contributed by atoms with Crippen molar-refractivity contribution in [3.05, 3.63) is 0 Å². The van der Waals surface area contributed by atoms with Crippen LogP contribution in [-0.2, 0) is 9.53 Å². The average Bonchev–Trinajstić information content (AvgIpc) is 2.64. The molecular weight excluding hydrogens is 228 g/mol. The number of ether oxygens (including phenoxy) is 1. The van der Waals surface area contributed by atoms with Crippen molar-refractivity contribution in [1.82, 2.24) is 5.32 Å². The van der Waals surface area contributed by atoms with Gasteiger partial charge in [-0.2, -0.15) is 5.26 Å². The minimum Gasteiger partial charge on any atom is -0.385 e. The predicted octanol–water partition coefficient (Wildman–Crippen LogP) is 2.39. The third kappa shape index (κ3) is 4.30. The number of amides is 1. The van der Waals surface area contributed by atoms with Crippen LogP contribution in [-0.4, -0.2) is 26.2 Å². The van der Waals surface area contributed by atoms with E-state index in [0.717, 1.165) is 45.1 Å². The van der Waals surface area contributed by atoms with Crippen molar-refractivity contribution in [2.75, 3.05) is 20.3 Å². The van der Waals surface area contributed by atoms with Gasteiger partial charge in [0.1, 0.15) is 5.41 Å². The molecule has 1 aliphatic rings. The summed E-state index contributed by atoms with van der Waals surface area (Å²) in [4.78, 5) is 12.2. The molecule has 1 fully saturated rings. The maximum atomic E-state index is 12.2. The lowest BCUT2D eigenvalue weighted by molar-refractivity contribution is -0.128. The molecule has 1 saturated carbocycles. The third-order valence-corrected chi connectivity index (χ3v) is 3.67. The second kappa shape index (κ2) is 8.10. The van der Waals surface area contributed by atoms with Crippen molar-refractivity contribution in [1.29, 1.82) is 5.26 Å². The fourth-order valence-corrected chi connectivity index (χ4v) is 2.46. The van der Waals surface area contributed by atoms with Gasteiger partial charge in [0.15, 0.2) is 0 Å². The van der Waals surface area contributed by atoms with E-state index in [4.69, 9.17) is 4.74 Å². The summed E-state index contributed by atoms with van der Waals surface area (Å²) < 4.78 is 4.96. The zero-order chi connectivity index (χ0) is 13.3. The van der Waals surface area contributed by atoms with Crippen LogP contribution in [0, 0.1) is 16.7 Å². The number of carbonyl (C=O) groups is 1. The minimum atomic E-state index is -0.766. The lowest BCUT2D eigenvalue weighted by Crippen LogP contribution is -2.40. The topological polar surface area (TPSA) is 62.1 Å². The highest BCUT2D eigenvalue weighted by Crippen LogP contribution is 2.34. The van der Waals surface area contributed by atoms with E-state index < -0.39 is 5.41 Å². The summed E-state index contributed by atoms with van der Waals surface area (Å²) in [6.07, 6.45) is 7.54. The minimum absolute atomic E-state index is 0.0654. The molecule has 18 heavy (non-hydrogen) atoms. The second-order valence-electron chi connectivity index (χ2n) is 5.06. The van der Waals surface area contributed by atoms with Gasteiger partial charge in [-0.05, 0) is 25.7 Å². The molecule has 0 spiro atoms. The van der Waals surface area contributed by atoms with Crippen molar-refractivity contribution in [2.24, 2.45) is 5.41 Å². The number of carbonyl (C=O) groups excluding carboxylic acids is 1. The molecule has 0 saturated heterocycles. The molecule has 1 amide bonds. The molecule has 1 N–H and O–H groups in total. The highest BCUT2D eigenvalue weighted by atomic mass is 16.5. The fraction of sp³-hybridized carbons (Fsp3) is 0.857. The van der Waals surface area contributed by atoms with Gasteiger partial charge in [0.25, 0.3) is 0 Å². The van der Waals surface area contributed by atoms with Gasteiger partial charge in [0.2, 0.25) is 5.91 Å². The smallest absolute Gasteiger partial charge is 0.240 e. The Hall–Kier alpha value is -1.08. The van der Waals surface area contributed by atoms with Crippen LogP contribution in [0.2, 0.25) is 0 Å². The molecule has 0 unspecified atom stereocenters. The fourth-order valence-electron chi connectivity index (χ4n) is 2.46. The van der Waals surface area contributed by atoms with Gasteiger partial charge in [0, 0.05) is 20.3 Å². The van der Waals surface area contributed by atoms with Gasteiger partial charge in [-0.25, -0.2) is 0 Å². The third-order valence-electron chi connectivity index (χ3n) is 3.67. The van der Waals surface area contributed by atoms with Crippen LogP contribution >= 0.6 is 0 Å². The van der Waals surface area contributed by atoms with Gasteiger partial charge >= 0.3 is 0 Å². The molecule has 4 heteroatoms. The first-order chi connectivity index (χ1) is 8.75. The van der Waals surface area contributed by atoms with Gasteiger partial charge in [-0.3, -0.25) is 4.79 Å². The van der Waals surface area contributed by atoms with Crippen molar-refractivity contribution < 1.29 is 9.53 Å². The van der Waals surface area contributed by atoms with Crippen LogP contribution in [0.3, 0.4) is 0 Å². The summed E-state index contributed by atoms with van der Waals surface area (Å²) in [6.45, 7) is 1.37. The number of hydrogen-bond acceptors (Lipinski definition) is 3. The molecule has 1 rings (SSSR count). The molecule has 0 aromatic carbocycles. The molecule has 0 radical (unpaired) electrons. The largest absolute Gasteiger partial charge is 0.385 e. The van der Waals surface area contributed by atoms with E-state index >= 15 is 0 Å². The Morgan fingerprint density at radius 3 is 2.50 bits per heavy atom. The summed E-state index contributed by atoms with van der Waals surface area (Å²) >= 11 is 0. The molecule has 0 heterocycles. The van der Waals surface area contributed by atoms with Gasteiger partial charge in [-0.1, -0.05) is 25.7 Å². The molecule has 4 nitrogen and oxygen atoms in total. The highest BCUT2D eigenvalue weighted by Gasteiger charge is 2.38. The Morgan fingerprint density at radius 1 is 1.28 bits per heavy atom. The van der Waals surface area contributed by atoms with Crippen LogP contribution in [0.25, 0.3) is 0 Å². The molecule has 0 bridgehead atoms. The zero-order valence-electron chi connectivity index (χ0n) is 11.3. The van der Waals surface area contributed by atoms with Crippen LogP contribution in [0.4, 0.5) is 0 Å². The lowest BCUT2D eigenvalue weighted by Gasteiger charge is -2.23. The van der Waals surface area contributed by atoms with Crippen molar-refractivity contribution in [3.63, 3.8) is 0 Å². The summed E-state index contributed by atoms with van der Waals surface area (Å²) in [5, 5.41) is 12.3. The quantitative estimate of drug-likeness (QED) is 0.583. The Labute approximate surface area is 110 Å². The molecule has 0 aromatic rings. The van der Waals surface area contributed by atoms with E-state index in [9.17, 15) is 10.1 Å². The van der Waals surface area contributed by atoms with Crippen LogP contribution in [0.15, 0.2) is 0 Å². The first-order valence-electron chi connectivity index (χ1n) is 6.94. The van der Waals surface area contributed by atoms with Crippen molar-refractivity contribution in [3.8, 4) is 6.07 Å². The van der Waals surface area contributed by atoms with E-state index in [1.54, 1.807) is 7.11 Å². The van der Waals surface area contributed by atoms with Crippen molar-refractivity contribution >= 4 is 5.91 Å².